The average molecular weight is 244 g/mol. The third-order valence-corrected chi connectivity index (χ3v) is 5.01. The number of nitrogens with zero attached hydrogens (tertiary/aromatic N) is 1. The molecular formula is C12H24N2OS. The summed E-state index contributed by atoms with van der Waals surface area (Å²) in [5, 5.41) is 3.66. The highest BCUT2D eigenvalue weighted by molar-refractivity contribution is 7.85. The van der Waals surface area contributed by atoms with Gasteiger partial charge in [-0.15, -0.1) is 0 Å². The van der Waals surface area contributed by atoms with E-state index in [1.54, 1.807) is 0 Å². The molecule has 0 unspecified atom stereocenters. The van der Waals surface area contributed by atoms with E-state index in [-0.39, 0.29) is 0 Å². The molecule has 1 saturated carbocycles. The monoisotopic (exact) mass is 244 g/mol. The molecule has 1 N–H and O–H groups in total. The first-order valence-electron chi connectivity index (χ1n) is 6.65. The van der Waals surface area contributed by atoms with Crippen LogP contribution in [0.3, 0.4) is 0 Å². The Morgan fingerprint density at radius 2 is 1.81 bits per heavy atom. The van der Waals surface area contributed by atoms with Gasteiger partial charge < -0.3 is 10.2 Å². The van der Waals surface area contributed by atoms with Gasteiger partial charge in [-0.05, 0) is 12.8 Å². The van der Waals surface area contributed by atoms with Crippen LogP contribution < -0.4 is 5.32 Å². The first kappa shape index (κ1) is 12.5. The third kappa shape index (κ3) is 4.15. The summed E-state index contributed by atoms with van der Waals surface area (Å²) < 4.78 is 11.2. The normalized spacial score (nSPS) is 26.0. The van der Waals surface area contributed by atoms with Crippen LogP contribution in [0.5, 0.6) is 0 Å². The lowest BCUT2D eigenvalue weighted by Crippen LogP contribution is -2.43. The van der Waals surface area contributed by atoms with Gasteiger partial charge in [0.1, 0.15) is 0 Å². The Labute approximate surface area is 101 Å². The predicted molar refractivity (Wildman–Crippen MR) is 69.2 cm³/mol. The Kier molecular flexibility index (Phi) is 5.26. The molecule has 0 bridgehead atoms. The number of hydrogen-bond donors (Lipinski definition) is 1. The van der Waals surface area contributed by atoms with Crippen LogP contribution in [0.15, 0.2) is 0 Å². The van der Waals surface area contributed by atoms with Crippen molar-refractivity contribution in [1.29, 1.82) is 0 Å². The summed E-state index contributed by atoms with van der Waals surface area (Å²) in [7, 11) is -0.533. The zero-order chi connectivity index (χ0) is 11.2. The summed E-state index contributed by atoms with van der Waals surface area (Å²) in [6.45, 7) is 4.29. The molecule has 0 radical (unpaired) electrons. The molecule has 0 atom stereocenters. The van der Waals surface area contributed by atoms with Crippen LogP contribution in [0.1, 0.15) is 32.1 Å². The second-order valence-electron chi connectivity index (χ2n) is 4.98. The minimum atomic E-state index is -0.533. The molecule has 3 nitrogen and oxygen atoms in total. The molecule has 0 aromatic carbocycles. The molecule has 0 spiro atoms. The van der Waals surface area contributed by atoms with E-state index in [4.69, 9.17) is 0 Å². The zero-order valence-corrected chi connectivity index (χ0v) is 10.9. The predicted octanol–water partition coefficient (Wildman–Crippen LogP) is 0.973. The minimum Gasteiger partial charge on any atom is -0.313 e. The van der Waals surface area contributed by atoms with Crippen LogP contribution in [-0.4, -0.2) is 52.8 Å². The van der Waals surface area contributed by atoms with Crippen LogP contribution >= 0.6 is 0 Å². The lowest BCUT2D eigenvalue weighted by molar-refractivity contribution is 0.281. The van der Waals surface area contributed by atoms with Gasteiger partial charge in [0.15, 0.2) is 0 Å². The SMILES string of the molecule is O=S1CCN(CCNC2CCCCC2)CC1. The molecule has 0 aromatic rings. The lowest BCUT2D eigenvalue weighted by Gasteiger charge is -2.28. The van der Waals surface area contributed by atoms with Crippen molar-refractivity contribution < 1.29 is 4.21 Å². The maximum atomic E-state index is 11.2. The summed E-state index contributed by atoms with van der Waals surface area (Å²) in [4.78, 5) is 2.44. The van der Waals surface area contributed by atoms with Crippen LogP contribution in [0.4, 0.5) is 0 Å². The van der Waals surface area contributed by atoms with Gasteiger partial charge in [0.25, 0.3) is 0 Å². The van der Waals surface area contributed by atoms with Gasteiger partial charge in [0, 0.05) is 54.5 Å². The standard InChI is InChI=1S/C12H24N2OS/c15-16-10-8-14(9-11-16)7-6-13-12-4-2-1-3-5-12/h12-13H,1-11H2. The van der Waals surface area contributed by atoms with Crippen molar-refractivity contribution in [3.8, 4) is 0 Å². The Morgan fingerprint density at radius 3 is 2.50 bits per heavy atom. The van der Waals surface area contributed by atoms with Crippen molar-refractivity contribution in [2.75, 3.05) is 37.7 Å². The van der Waals surface area contributed by atoms with E-state index in [0.29, 0.717) is 0 Å². The van der Waals surface area contributed by atoms with Crippen LogP contribution in [0.25, 0.3) is 0 Å². The number of hydrogen-bond acceptors (Lipinski definition) is 3. The largest absolute Gasteiger partial charge is 0.313 e. The van der Waals surface area contributed by atoms with Gasteiger partial charge in [0.2, 0.25) is 0 Å². The molecule has 2 rings (SSSR count). The number of nitrogens with one attached hydrogen (secondary N) is 1. The Morgan fingerprint density at radius 1 is 1.12 bits per heavy atom. The smallest absolute Gasteiger partial charge is 0.0363 e. The fourth-order valence-corrected chi connectivity index (χ4v) is 3.76. The molecule has 4 heteroatoms. The van der Waals surface area contributed by atoms with Crippen molar-refractivity contribution in [2.24, 2.45) is 0 Å². The summed E-state index contributed by atoms with van der Waals surface area (Å²) in [6, 6.07) is 0.771. The zero-order valence-electron chi connectivity index (χ0n) is 10.1. The fourth-order valence-electron chi connectivity index (χ4n) is 2.63. The van der Waals surface area contributed by atoms with E-state index in [9.17, 15) is 4.21 Å². The van der Waals surface area contributed by atoms with Crippen molar-refractivity contribution in [2.45, 2.75) is 38.1 Å². The molecule has 1 aliphatic carbocycles. The lowest BCUT2D eigenvalue weighted by atomic mass is 9.95. The molecule has 1 aliphatic heterocycles. The van der Waals surface area contributed by atoms with Crippen LogP contribution in [0.2, 0.25) is 0 Å². The molecule has 2 aliphatic rings. The highest BCUT2D eigenvalue weighted by atomic mass is 32.2. The topological polar surface area (TPSA) is 32.3 Å². The summed E-state index contributed by atoms with van der Waals surface area (Å²) >= 11 is 0. The second kappa shape index (κ2) is 6.72. The van der Waals surface area contributed by atoms with Crippen molar-refractivity contribution in [3.63, 3.8) is 0 Å². The van der Waals surface area contributed by atoms with Gasteiger partial charge in [-0.2, -0.15) is 0 Å². The van der Waals surface area contributed by atoms with Gasteiger partial charge in [-0.25, -0.2) is 0 Å². The Hall–Kier alpha value is 0.0700. The maximum absolute atomic E-state index is 11.2. The van der Waals surface area contributed by atoms with E-state index in [1.165, 1.54) is 32.1 Å². The molecule has 94 valence electrons. The van der Waals surface area contributed by atoms with Gasteiger partial charge in [0.05, 0.1) is 0 Å². The first-order chi connectivity index (χ1) is 7.84. The Bertz CT molecular complexity index is 219. The molecule has 1 saturated heterocycles. The first-order valence-corrected chi connectivity index (χ1v) is 8.14. The molecule has 0 amide bonds. The summed E-state index contributed by atoms with van der Waals surface area (Å²) in [6.07, 6.45) is 6.96. The van der Waals surface area contributed by atoms with Crippen LogP contribution in [0, 0.1) is 0 Å². The van der Waals surface area contributed by atoms with Crippen molar-refractivity contribution in [1.82, 2.24) is 10.2 Å². The Balaban J connectivity index is 1.55. The highest BCUT2D eigenvalue weighted by Gasteiger charge is 2.16. The van der Waals surface area contributed by atoms with Gasteiger partial charge in [-0.3, -0.25) is 4.21 Å². The van der Waals surface area contributed by atoms with E-state index >= 15 is 0 Å². The molecule has 1 heterocycles. The average Bonchev–Trinajstić information content (AvgIpc) is 2.33. The maximum Gasteiger partial charge on any atom is 0.0363 e. The summed E-state index contributed by atoms with van der Waals surface area (Å²) in [5.74, 6) is 1.76. The van der Waals surface area contributed by atoms with Gasteiger partial charge in [-0.1, -0.05) is 19.3 Å². The quantitative estimate of drug-likeness (QED) is 0.800. The van der Waals surface area contributed by atoms with Crippen molar-refractivity contribution in [3.05, 3.63) is 0 Å². The second-order valence-corrected chi connectivity index (χ2v) is 6.67. The number of rotatable bonds is 4. The molecule has 2 fully saturated rings. The van der Waals surface area contributed by atoms with Gasteiger partial charge >= 0.3 is 0 Å². The van der Waals surface area contributed by atoms with E-state index in [0.717, 1.165) is 43.7 Å². The third-order valence-electron chi connectivity index (χ3n) is 3.74. The summed E-state index contributed by atoms with van der Waals surface area (Å²) in [5.41, 5.74) is 0. The van der Waals surface area contributed by atoms with E-state index < -0.39 is 10.8 Å². The van der Waals surface area contributed by atoms with E-state index in [2.05, 4.69) is 10.2 Å². The van der Waals surface area contributed by atoms with Crippen molar-refractivity contribution >= 4 is 10.8 Å². The molecule has 16 heavy (non-hydrogen) atoms. The molecular weight excluding hydrogens is 220 g/mol. The van der Waals surface area contributed by atoms with Crippen LogP contribution in [-0.2, 0) is 10.8 Å². The highest BCUT2D eigenvalue weighted by Crippen LogP contribution is 2.17. The fraction of sp³-hybridized carbons (Fsp3) is 1.00. The van der Waals surface area contributed by atoms with E-state index in [1.807, 2.05) is 0 Å². The molecule has 0 aromatic heterocycles. The minimum absolute atomic E-state index is 0.533.